The number of rotatable bonds is 7. The molecule has 0 aliphatic carbocycles. The van der Waals surface area contributed by atoms with Gasteiger partial charge in [-0.1, -0.05) is 43.0 Å². The second-order valence-corrected chi connectivity index (χ2v) is 9.31. The van der Waals surface area contributed by atoms with Gasteiger partial charge in [0.2, 0.25) is 0 Å². The average molecular weight is 491 g/mol. The number of pyridine rings is 1. The Balaban J connectivity index is 1.40. The number of aromatic amines is 2. The van der Waals surface area contributed by atoms with Crippen molar-refractivity contribution >= 4 is 27.5 Å². The highest BCUT2D eigenvalue weighted by molar-refractivity contribution is 5.98. The molecule has 1 fully saturated rings. The van der Waals surface area contributed by atoms with Crippen LogP contribution < -0.4 is 0 Å². The van der Waals surface area contributed by atoms with Crippen molar-refractivity contribution in [2.75, 3.05) is 19.6 Å². The molecule has 0 spiro atoms. The van der Waals surface area contributed by atoms with Crippen LogP contribution in [0.5, 0.6) is 0 Å². The first-order chi connectivity index (χ1) is 18.1. The second kappa shape index (κ2) is 9.59. The van der Waals surface area contributed by atoms with Gasteiger partial charge < -0.3 is 4.98 Å². The molecule has 2 aromatic carbocycles. The summed E-state index contributed by atoms with van der Waals surface area (Å²) in [4.78, 5) is 15.0. The Hall–Kier alpha value is -4.36. The molecule has 3 aromatic heterocycles. The van der Waals surface area contributed by atoms with Gasteiger partial charge in [0, 0.05) is 23.7 Å². The van der Waals surface area contributed by atoms with Crippen molar-refractivity contribution < 1.29 is 4.39 Å². The number of nitrogens with zero attached hydrogens (tertiary/aromatic N) is 4. The zero-order chi connectivity index (χ0) is 25.4. The summed E-state index contributed by atoms with van der Waals surface area (Å²) in [7, 11) is 0. The summed E-state index contributed by atoms with van der Waals surface area (Å²) in [6, 6.07) is 12.8. The summed E-state index contributed by atoms with van der Waals surface area (Å²) in [6.07, 6.45) is 11.0. The van der Waals surface area contributed by atoms with Crippen molar-refractivity contribution in [2.24, 2.45) is 0 Å². The highest BCUT2D eigenvalue weighted by atomic mass is 19.1. The van der Waals surface area contributed by atoms with Crippen molar-refractivity contribution in [3.63, 3.8) is 0 Å². The number of aromatic nitrogens is 5. The number of fused-ring (bicyclic) bond motifs is 2. The molecule has 0 bridgehead atoms. The van der Waals surface area contributed by atoms with Gasteiger partial charge in [-0.05, 0) is 73.0 Å². The molecular formula is C30H27FN6. The Labute approximate surface area is 214 Å². The number of likely N-dealkylation sites (tertiary alicyclic amines) is 1. The predicted molar refractivity (Wildman–Crippen MR) is 147 cm³/mol. The van der Waals surface area contributed by atoms with E-state index in [2.05, 4.69) is 62.9 Å². The average Bonchev–Trinajstić information content (AvgIpc) is 3.51. The molecule has 0 amide bonds. The van der Waals surface area contributed by atoms with E-state index in [-0.39, 0.29) is 5.82 Å². The van der Waals surface area contributed by atoms with Gasteiger partial charge in [0.25, 0.3) is 0 Å². The van der Waals surface area contributed by atoms with Gasteiger partial charge in [0.1, 0.15) is 11.5 Å². The van der Waals surface area contributed by atoms with Crippen LogP contribution in [0.25, 0.3) is 50.2 Å². The summed E-state index contributed by atoms with van der Waals surface area (Å²) in [5.41, 5.74) is 8.06. The number of hydrogen-bond donors (Lipinski definition) is 2. The zero-order valence-corrected chi connectivity index (χ0v) is 20.6. The Morgan fingerprint density at radius 1 is 1.14 bits per heavy atom. The lowest BCUT2D eigenvalue weighted by molar-refractivity contribution is 0.200. The molecule has 37 heavy (non-hydrogen) atoms. The van der Waals surface area contributed by atoms with Gasteiger partial charge in [-0.15, -0.1) is 0 Å². The van der Waals surface area contributed by atoms with E-state index < -0.39 is 0 Å². The predicted octanol–water partition coefficient (Wildman–Crippen LogP) is 6.53. The summed E-state index contributed by atoms with van der Waals surface area (Å²) >= 11 is 0. The third-order valence-corrected chi connectivity index (χ3v) is 6.92. The fourth-order valence-corrected chi connectivity index (χ4v) is 4.79. The van der Waals surface area contributed by atoms with Crippen LogP contribution in [0.2, 0.25) is 0 Å². The largest absolute Gasteiger partial charge is 0.335 e. The summed E-state index contributed by atoms with van der Waals surface area (Å²) < 4.78 is 13.9. The molecule has 0 saturated carbocycles. The van der Waals surface area contributed by atoms with Crippen molar-refractivity contribution in [3.05, 3.63) is 96.6 Å². The third-order valence-electron chi connectivity index (χ3n) is 6.92. The van der Waals surface area contributed by atoms with Crippen molar-refractivity contribution in [1.82, 2.24) is 30.0 Å². The van der Waals surface area contributed by atoms with Crippen molar-refractivity contribution in [2.45, 2.75) is 13.3 Å². The molecule has 1 aliphatic heterocycles. The lowest BCUT2D eigenvalue weighted by Crippen LogP contribution is -2.38. The number of benzene rings is 2. The standard InChI is InChI=1S/C30H27FN6/c1-3-19(18-37-11-6-12-37)13-20(4-2)21-9-10-26-24(15-21)29(36-35-26)30-33-27-17-32-16-25(28(27)34-30)22-7-5-8-23(31)14-22/h3-5,7-10,13-17H,1,6,11-12,18H2,2H3,(H,33,34)(H,35,36)/b19-13+,20-4+. The van der Waals surface area contributed by atoms with E-state index in [1.165, 1.54) is 24.1 Å². The molecule has 1 saturated heterocycles. The van der Waals surface area contributed by atoms with E-state index in [0.717, 1.165) is 69.5 Å². The Bertz CT molecular complexity index is 1690. The maximum absolute atomic E-state index is 13.9. The van der Waals surface area contributed by atoms with E-state index in [9.17, 15) is 4.39 Å². The van der Waals surface area contributed by atoms with Crippen LogP contribution in [0, 0.1) is 5.82 Å². The Kier molecular flexibility index (Phi) is 5.98. The number of imidazole rings is 1. The maximum atomic E-state index is 13.9. The minimum Gasteiger partial charge on any atom is -0.335 e. The van der Waals surface area contributed by atoms with E-state index in [0.29, 0.717) is 5.82 Å². The molecule has 5 aromatic rings. The highest BCUT2D eigenvalue weighted by Gasteiger charge is 2.17. The van der Waals surface area contributed by atoms with Crippen molar-refractivity contribution in [3.8, 4) is 22.6 Å². The molecule has 0 unspecified atom stereocenters. The van der Waals surface area contributed by atoms with E-state index in [4.69, 9.17) is 4.98 Å². The third kappa shape index (κ3) is 4.38. The molecule has 1 aliphatic rings. The van der Waals surface area contributed by atoms with Crippen LogP contribution in [0.1, 0.15) is 18.9 Å². The van der Waals surface area contributed by atoms with Crippen LogP contribution in [0.15, 0.2) is 85.2 Å². The lowest BCUT2D eigenvalue weighted by atomic mass is 9.99. The number of allylic oxidation sites excluding steroid dienone is 3. The van der Waals surface area contributed by atoms with Crippen LogP contribution in [0.3, 0.4) is 0 Å². The smallest absolute Gasteiger partial charge is 0.159 e. The normalized spacial score (nSPS) is 14.9. The minimum atomic E-state index is -0.297. The molecule has 7 heteroatoms. The van der Waals surface area contributed by atoms with Crippen LogP contribution in [-0.4, -0.2) is 49.7 Å². The van der Waals surface area contributed by atoms with E-state index in [1.807, 2.05) is 18.2 Å². The van der Waals surface area contributed by atoms with Gasteiger partial charge in [0.05, 0.1) is 22.7 Å². The first kappa shape index (κ1) is 23.1. The first-order valence-corrected chi connectivity index (χ1v) is 12.4. The van der Waals surface area contributed by atoms with E-state index >= 15 is 0 Å². The van der Waals surface area contributed by atoms with Gasteiger partial charge in [-0.2, -0.15) is 5.10 Å². The summed E-state index contributed by atoms with van der Waals surface area (Å²) in [6.45, 7) is 9.29. The fourth-order valence-electron chi connectivity index (χ4n) is 4.79. The fraction of sp³-hybridized carbons (Fsp3) is 0.167. The van der Waals surface area contributed by atoms with Gasteiger partial charge >= 0.3 is 0 Å². The summed E-state index contributed by atoms with van der Waals surface area (Å²) in [5.74, 6) is 0.334. The number of halogens is 1. The van der Waals surface area contributed by atoms with Gasteiger partial charge in [0.15, 0.2) is 5.82 Å². The molecule has 6 nitrogen and oxygen atoms in total. The number of nitrogens with one attached hydrogen (secondary N) is 2. The molecule has 0 radical (unpaired) electrons. The van der Waals surface area contributed by atoms with Gasteiger partial charge in [-0.25, -0.2) is 9.37 Å². The molecule has 4 heterocycles. The maximum Gasteiger partial charge on any atom is 0.159 e. The summed E-state index contributed by atoms with van der Waals surface area (Å²) in [5, 5.41) is 8.68. The van der Waals surface area contributed by atoms with E-state index in [1.54, 1.807) is 18.5 Å². The first-order valence-electron chi connectivity index (χ1n) is 12.4. The molecule has 184 valence electrons. The topological polar surface area (TPSA) is 73.5 Å². The monoisotopic (exact) mass is 490 g/mol. The molecule has 2 N–H and O–H groups in total. The Morgan fingerprint density at radius 2 is 2.03 bits per heavy atom. The second-order valence-electron chi connectivity index (χ2n) is 9.31. The van der Waals surface area contributed by atoms with Gasteiger partial charge in [-0.3, -0.25) is 15.0 Å². The van der Waals surface area contributed by atoms with Crippen LogP contribution >= 0.6 is 0 Å². The SMILES string of the molecule is C=C/C(=C\C(=C/C)c1ccc2[nH]nc(-c3nc4c(-c5cccc(F)c5)cncc4[nH]3)c2c1)CN1CCC1. The highest BCUT2D eigenvalue weighted by Crippen LogP contribution is 2.32. The molecule has 0 atom stereocenters. The van der Waals surface area contributed by atoms with Crippen LogP contribution in [0.4, 0.5) is 4.39 Å². The molecule has 6 rings (SSSR count). The Morgan fingerprint density at radius 3 is 2.78 bits per heavy atom. The van der Waals surface area contributed by atoms with Crippen molar-refractivity contribution in [1.29, 1.82) is 0 Å². The van der Waals surface area contributed by atoms with Crippen LogP contribution in [-0.2, 0) is 0 Å². The lowest BCUT2D eigenvalue weighted by Gasteiger charge is -2.31. The molecular weight excluding hydrogens is 463 g/mol. The zero-order valence-electron chi connectivity index (χ0n) is 20.6. The minimum absolute atomic E-state index is 0.297. The number of H-pyrrole nitrogens is 2. The quantitative estimate of drug-likeness (QED) is 0.255. The number of hydrogen-bond acceptors (Lipinski definition) is 4.